The maximum Gasteiger partial charge on any atom is 0.317 e. The number of likely N-dealkylation sites (tertiary alicyclic amines) is 1. The molecule has 1 N–H and O–H groups in total. The summed E-state index contributed by atoms with van der Waals surface area (Å²) in [4.78, 5) is 14.5. The zero-order valence-corrected chi connectivity index (χ0v) is 16.7. The molecule has 1 atom stereocenters. The predicted octanol–water partition coefficient (Wildman–Crippen LogP) is 4.02. The van der Waals surface area contributed by atoms with Gasteiger partial charge in [-0.3, -0.25) is 0 Å². The molecule has 3 rings (SSSR count). The SMILES string of the molecule is COc1ccc(C(C)NC(=O)N2CCC(Oc3ccccc3)CC2)c(OC)c1. The number of carbonyl (C=O) groups is 1. The second kappa shape index (κ2) is 9.35. The lowest BCUT2D eigenvalue weighted by Gasteiger charge is -2.33. The van der Waals surface area contributed by atoms with Crippen LogP contribution in [0.1, 0.15) is 31.4 Å². The average Bonchev–Trinajstić information content (AvgIpc) is 2.74. The predicted molar refractivity (Wildman–Crippen MR) is 108 cm³/mol. The summed E-state index contributed by atoms with van der Waals surface area (Å²) < 4.78 is 16.7. The van der Waals surface area contributed by atoms with Crippen LogP contribution in [0.25, 0.3) is 0 Å². The van der Waals surface area contributed by atoms with Crippen molar-refractivity contribution in [3.05, 3.63) is 54.1 Å². The van der Waals surface area contributed by atoms with Crippen molar-refractivity contribution in [3.63, 3.8) is 0 Å². The fourth-order valence-corrected chi connectivity index (χ4v) is 3.40. The zero-order chi connectivity index (χ0) is 19.9. The van der Waals surface area contributed by atoms with Gasteiger partial charge in [-0.25, -0.2) is 4.79 Å². The number of piperidine rings is 1. The van der Waals surface area contributed by atoms with Crippen LogP contribution >= 0.6 is 0 Å². The summed E-state index contributed by atoms with van der Waals surface area (Å²) in [7, 11) is 3.23. The average molecular weight is 384 g/mol. The van der Waals surface area contributed by atoms with Crippen molar-refractivity contribution in [3.8, 4) is 17.2 Å². The van der Waals surface area contributed by atoms with Crippen LogP contribution in [0.5, 0.6) is 17.2 Å². The molecule has 28 heavy (non-hydrogen) atoms. The van der Waals surface area contributed by atoms with Crippen LogP contribution in [-0.4, -0.2) is 44.3 Å². The Morgan fingerprint density at radius 1 is 1.04 bits per heavy atom. The number of methoxy groups -OCH3 is 2. The van der Waals surface area contributed by atoms with E-state index in [2.05, 4.69) is 5.32 Å². The molecule has 0 aliphatic carbocycles. The standard InChI is InChI=1S/C22H28N2O4/c1-16(20-10-9-19(26-2)15-21(20)27-3)23-22(25)24-13-11-18(12-14-24)28-17-7-5-4-6-8-17/h4-10,15-16,18H,11-14H2,1-3H3,(H,23,25). The van der Waals surface area contributed by atoms with Crippen LogP contribution in [0.4, 0.5) is 4.79 Å². The summed E-state index contributed by atoms with van der Waals surface area (Å²) in [6.45, 7) is 3.30. The minimum Gasteiger partial charge on any atom is -0.497 e. The maximum atomic E-state index is 12.7. The maximum absolute atomic E-state index is 12.7. The quantitative estimate of drug-likeness (QED) is 0.817. The second-order valence-electron chi connectivity index (χ2n) is 6.90. The molecule has 6 heteroatoms. The molecular weight excluding hydrogens is 356 g/mol. The summed E-state index contributed by atoms with van der Waals surface area (Å²) in [5, 5.41) is 3.07. The molecule has 2 amide bonds. The van der Waals surface area contributed by atoms with Gasteiger partial charge >= 0.3 is 6.03 Å². The van der Waals surface area contributed by atoms with Gasteiger partial charge in [-0.1, -0.05) is 18.2 Å². The minimum atomic E-state index is -0.174. The Hall–Kier alpha value is -2.89. The first-order valence-electron chi connectivity index (χ1n) is 9.59. The molecular formula is C22H28N2O4. The van der Waals surface area contributed by atoms with E-state index in [0.29, 0.717) is 18.8 Å². The molecule has 1 fully saturated rings. The number of nitrogens with one attached hydrogen (secondary N) is 1. The van der Waals surface area contributed by atoms with Crippen molar-refractivity contribution in [1.29, 1.82) is 0 Å². The van der Waals surface area contributed by atoms with Gasteiger partial charge < -0.3 is 24.4 Å². The Labute approximate surface area is 166 Å². The van der Waals surface area contributed by atoms with Gasteiger partial charge in [0.05, 0.1) is 20.3 Å². The molecule has 1 heterocycles. The number of hydrogen-bond donors (Lipinski definition) is 1. The molecule has 0 aromatic heterocycles. The van der Waals surface area contributed by atoms with Gasteiger partial charge in [-0.15, -0.1) is 0 Å². The van der Waals surface area contributed by atoms with Gasteiger partial charge in [0.25, 0.3) is 0 Å². The highest BCUT2D eigenvalue weighted by molar-refractivity contribution is 5.75. The smallest absolute Gasteiger partial charge is 0.317 e. The molecule has 1 saturated heterocycles. The number of amides is 2. The van der Waals surface area contributed by atoms with Crippen molar-refractivity contribution < 1.29 is 19.0 Å². The monoisotopic (exact) mass is 384 g/mol. The van der Waals surface area contributed by atoms with Gasteiger partial charge in [-0.05, 0) is 31.2 Å². The first kappa shape index (κ1) is 19.9. The molecule has 0 spiro atoms. The highest BCUT2D eigenvalue weighted by atomic mass is 16.5. The Kier molecular flexibility index (Phi) is 6.63. The molecule has 150 valence electrons. The zero-order valence-electron chi connectivity index (χ0n) is 16.7. The Bertz CT molecular complexity index is 773. The normalized spacial score (nSPS) is 15.6. The lowest BCUT2D eigenvalue weighted by Crippen LogP contribution is -2.47. The van der Waals surface area contributed by atoms with E-state index in [1.807, 2.05) is 60.4 Å². The Morgan fingerprint density at radius 3 is 2.39 bits per heavy atom. The first-order chi connectivity index (χ1) is 13.6. The van der Waals surface area contributed by atoms with Gasteiger partial charge in [0.1, 0.15) is 23.4 Å². The van der Waals surface area contributed by atoms with E-state index in [-0.39, 0.29) is 18.2 Å². The number of hydrogen-bond acceptors (Lipinski definition) is 4. The molecule has 0 bridgehead atoms. The summed E-state index contributed by atoms with van der Waals surface area (Å²) in [5.41, 5.74) is 0.916. The lowest BCUT2D eigenvalue weighted by molar-refractivity contribution is 0.110. The van der Waals surface area contributed by atoms with Gasteiger partial charge in [0.15, 0.2) is 0 Å². The van der Waals surface area contributed by atoms with Crippen LogP contribution in [-0.2, 0) is 0 Å². The topological polar surface area (TPSA) is 60.0 Å². The number of urea groups is 1. The van der Waals surface area contributed by atoms with E-state index in [1.54, 1.807) is 14.2 Å². The second-order valence-corrected chi connectivity index (χ2v) is 6.90. The van der Waals surface area contributed by atoms with Gasteiger partial charge in [0, 0.05) is 37.6 Å². The first-order valence-corrected chi connectivity index (χ1v) is 9.59. The van der Waals surface area contributed by atoms with Gasteiger partial charge in [-0.2, -0.15) is 0 Å². The highest BCUT2D eigenvalue weighted by Gasteiger charge is 2.25. The highest BCUT2D eigenvalue weighted by Crippen LogP contribution is 2.29. The third-order valence-electron chi connectivity index (χ3n) is 5.02. The van der Waals surface area contributed by atoms with Crippen molar-refractivity contribution in [2.75, 3.05) is 27.3 Å². The van der Waals surface area contributed by atoms with Crippen molar-refractivity contribution in [2.24, 2.45) is 0 Å². The fraction of sp³-hybridized carbons (Fsp3) is 0.409. The van der Waals surface area contributed by atoms with Crippen LogP contribution in [0.3, 0.4) is 0 Å². The van der Waals surface area contributed by atoms with E-state index >= 15 is 0 Å². The Balaban J connectivity index is 1.53. The van der Waals surface area contributed by atoms with Crippen LogP contribution in [0.15, 0.2) is 48.5 Å². The summed E-state index contributed by atoms with van der Waals surface area (Å²) in [6.07, 6.45) is 1.79. The number of para-hydroxylation sites is 1. The molecule has 1 aliphatic heterocycles. The minimum absolute atomic E-state index is 0.0662. The number of benzene rings is 2. The Morgan fingerprint density at radius 2 is 1.75 bits per heavy atom. The lowest BCUT2D eigenvalue weighted by atomic mass is 10.1. The molecule has 1 aliphatic rings. The van der Waals surface area contributed by atoms with Crippen LogP contribution in [0.2, 0.25) is 0 Å². The van der Waals surface area contributed by atoms with Crippen molar-refractivity contribution >= 4 is 6.03 Å². The van der Waals surface area contributed by atoms with E-state index in [4.69, 9.17) is 14.2 Å². The molecule has 0 radical (unpaired) electrons. The van der Waals surface area contributed by atoms with E-state index < -0.39 is 0 Å². The summed E-state index contributed by atoms with van der Waals surface area (Å²) in [5.74, 6) is 2.30. The third-order valence-corrected chi connectivity index (χ3v) is 5.02. The molecule has 6 nitrogen and oxygen atoms in total. The van der Waals surface area contributed by atoms with E-state index in [1.165, 1.54) is 0 Å². The molecule has 2 aromatic rings. The fourth-order valence-electron chi connectivity index (χ4n) is 3.40. The van der Waals surface area contributed by atoms with Gasteiger partial charge in [0.2, 0.25) is 0 Å². The molecule has 0 saturated carbocycles. The number of carbonyl (C=O) groups excluding carboxylic acids is 1. The number of nitrogens with zero attached hydrogens (tertiary/aromatic N) is 1. The number of rotatable bonds is 6. The van der Waals surface area contributed by atoms with Crippen molar-refractivity contribution in [2.45, 2.75) is 31.9 Å². The van der Waals surface area contributed by atoms with Crippen molar-refractivity contribution in [1.82, 2.24) is 10.2 Å². The summed E-state index contributed by atoms with van der Waals surface area (Å²) in [6, 6.07) is 15.2. The van der Waals surface area contributed by atoms with E-state index in [9.17, 15) is 4.79 Å². The summed E-state index contributed by atoms with van der Waals surface area (Å²) >= 11 is 0. The third kappa shape index (κ3) is 4.88. The largest absolute Gasteiger partial charge is 0.497 e. The number of ether oxygens (including phenoxy) is 3. The van der Waals surface area contributed by atoms with Crippen LogP contribution < -0.4 is 19.5 Å². The molecule has 1 unspecified atom stereocenters. The van der Waals surface area contributed by atoms with Crippen LogP contribution in [0, 0.1) is 0 Å². The van der Waals surface area contributed by atoms with E-state index in [0.717, 1.165) is 29.9 Å². The molecule has 2 aromatic carbocycles.